The highest BCUT2D eigenvalue weighted by Gasteiger charge is 2.50. The van der Waals surface area contributed by atoms with Crippen molar-refractivity contribution in [1.29, 1.82) is 0 Å². The molecule has 0 aromatic heterocycles. The number of carbonyl (C=O) groups excluding carboxylic acids is 1. The summed E-state index contributed by atoms with van der Waals surface area (Å²) in [7, 11) is -0.315. The van der Waals surface area contributed by atoms with Crippen molar-refractivity contribution in [3.63, 3.8) is 0 Å². The smallest absolute Gasteiger partial charge is 0.460 e. The lowest BCUT2D eigenvalue weighted by atomic mass is 9.73. The van der Waals surface area contributed by atoms with Gasteiger partial charge in [0, 0.05) is 0 Å². The van der Waals surface area contributed by atoms with Gasteiger partial charge in [-0.1, -0.05) is 11.5 Å². The van der Waals surface area contributed by atoms with Gasteiger partial charge in [-0.2, -0.15) is 0 Å². The fourth-order valence-corrected chi connectivity index (χ4v) is 2.41. The third-order valence-electron chi connectivity index (χ3n) is 4.40. The molecule has 0 aromatic carbocycles. The van der Waals surface area contributed by atoms with Crippen LogP contribution in [0.4, 0.5) is 0 Å². The molecule has 5 heteroatoms. The van der Waals surface area contributed by atoms with Crippen LogP contribution in [0.15, 0.2) is 11.5 Å². The zero-order valence-electron chi connectivity index (χ0n) is 14.3. The molecule has 1 aliphatic heterocycles. The zero-order chi connectivity index (χ0) is 16.1. The molecule has 2 aliphatic rings. The Morgan fingerprint density at radius 3 is 2.10 bits per heavy atom. The highest BCUT2D eigenvalue weighted by atomic mass is 16.7. The minimum Gasteiger partial charge on any atom is -0.460 e. The standard InChI is InChI=1S/C16H27BO4/c1-14(2,3)19-13(18)12-8-11(9-12)10-17-20-15(4,5)16(6,7)21-17/h10,12H,8-9H2,1-7H3. The molecule has 1 aliphatic carbocycles. The second-order valence-electron chi connectivity index (χ2n) is 8.09. The van der Waals surface area contributed by atoms with E-state index in [-0.39, 0.29) is 30.2 Å². The molecule has 0 spiro atoms. The second kappa shape index (κ2) is 5.13. The molecule has 0 radical (unpaired) electrons. The van der Waals surface area contributed by atoms with Gasteiger partial charge in [-0.3, -0.25) is 4.79 Å². The van der Waals surface area contributed by atoms with Crippen molar-refractivity contribution >= 4 is 13.1 Å². The summed E-state index contributed by atoms with van der Waals surface area (Å²) in [6, 6.07) is 0. The zero-order valence-corrected chi connectivity index (χ0v) is 14.3. The van der Waals surface area contributed by atoms with Crippen molar-refractivity contribution in [2.24, 2.45) is 5.92 Å². The van der Waals surface area contributed by atoms with E-state index in [1.165, 1.54) is 5.57 Å². The largest absolute Gasteiger partial charge is 0.487 e. The molecule has 21 heavy (non-hydrogen) atoms. The summed E-state index contributed by atoms with van der Waals surface area (Å²) in [5.74, 6) is 1.89. The fraction of sp³-hybridized carbons (Fsp3) is 0.812. The van der Waals surface area contributed by atoms with Gasteiger partial charge in [-0.05, 0) is 61.3 Å². The van der Waals surface area contributed by atoms with Gasteiger partial charge in [0.15, 0.2) is 0 Å². The van der Waals surface area contributed by atoms with Crippen molar-refractivity contribution in [2.75, 3.05) is 0 Å². The molecule has 0 aromatic rings. The lowest BCUT2D eigenvalue weighted by molar-refractivity contribution is -0.161. The van der Waals surface area contributed by atoms with E-state index < -0.39 is 5.60 Å². The SMILES string of the molecule is CC(C)(C)OC(=O)C1CC(=CB2OC(C)(C)C(C)(C)O2)C1. The van der Waals surface area contributed by atoms with Crippen LogP contribution in [0.2, 0.25) is 0 Å². The molecular weight excluding hydrogens is 267 g/mol. The molecule has 1 saturated heterocycles. The Balaban J connectivity index is 1.87. The predicted octanol–water partition coefficient (Wildman–Crippen LogP) is 3.30. The summed E-state index contributed by atoms with van der Waals surface area (Å²) >= 11 is 0. The summed E-state index contributed by atoms with van der Waals surface area (Å²) < 4.78 is 17.3. The summed E-state index contributed by atoms with van der Waals surface area (Å²) in [6.07, 6.45) is 1.50. The molecule has 0 N–H and O–H groups in total. The average molecular weight is 294 g/mol. The molecular formula is C16H27BO4. The molecule has 2 fully saturated rings. The van der Waals surface area contributed by atoms with Gasteiger partial charge >= 0.3 is 13.1 Å². The van der Waals surface area contributed by atoms with Crippen LogP contribution in [-0.4, -0.2) is 29.9 Å². The lowest BCUT2D eigenvalue weighted by Gasteiger charge is -2.32. The normalized spacial score (nSPS) is 27.3. The number of rotatable bonds is 2. The summed E-state index contributed by atoms with van der Waals surface area (Å²) in [5.41, 5.74) is 0.165. The number of allylic oxidation sites excluding steroid dienone is 1. The van der Waals surface area contributed by atoms with Crippen molar-refractivity contribution < 1.29 is 18.8 Å². The van der Waals surface area contributed by atoms with Gasteiger partial charge in [0.1, 0.15) is 5.60 Å². The summed E-state index contributed by atoms with van der Waals surface area (Å²) in [5, 5.41) is 0. The Labute approximate surface area is 128 Å². The predicted molar refractivity (Wildman–Crippen MR) is 82.7 cm³/mol. The molecule has 1 saturated carbocycles. The van der Waals surface area contributed by atoms with Crippen LogP contribution in [-0.2, 0) is 18.8 Å². The molecule has 118 valence electrons. The first-order chi connectivity index (χ1) is 9.40. The highest BCUT2D eigenvalue weighted by molar-refractivity contribution is 6.51. The molecule has 4 nitrogen and oxygen atoms in total. The van der Waals surface area contributed by atoms with Gasteiger partial charge < -0.3 is 14.0 Å². The van der Waals surface area contributed by atoms with Gasteiger partial charge in [0.05, 0.1) is 17.1 Å². The molecule has 0 unspecified atom stereocenters. The molecule has 1 heterocycles. The van der Waals surface area contributed by atoms with Crippen molar-refractivity contribution in [1.82, 2.24) is 0 Å². The first-order valence-corrected chi connectivity index (χ1v) is 7.68. The minimum absolute atomic E-state index is 0.0158. The Kier molecular flexibility index (Phi) is 4.05. The van der Waals surface area contributed by atoms with E-state index in [1.807, 2.05) is 54.4 Å². The Hall–Kier alpha value is -0.805. The Morgan fingerprint density at radius 1 is 1.19 bits per heavy atom. The van der Waals surface area contributed by atoms with E-state index in [9.17, 15) is 4.79 Å². The molecule has 0 atom stereocenters. The summed E-state index contributed by atoms with van der Waals surface area (Å²) in [4.78, 5) is 11.9. The monoisotopic (exact) mass is 294 g/mol. The first-order valence-electron chi connectivity index (χ1n) is 7.68. The quantitative estimate of drug-likeness (QED) is 0.579. The topological polar surface area (TPSA) is 44.8 Å². The van der Waals surface area contributed by atoms with Crippen LogP contribution in [0.1, 0.15) is 61.3 Å². The highest BCUT2D eigenvalue weighted by Crippen LogP contribution is 2.40. The fourth-order valence-electron chi connectivity index (χ4n) is 2.41. The van der Waals surface area contributed by atoms with Crippen LogP contribution in [0, 0.1) is 5.92 Å². The van der Waals surface area contributed by atoms with E-state index in [0.29, 0.717) is 0 Å². The van der Waals surface area contributed by atoms with Gasteiger partial charge in [0.2, 0.25) is 0 Å². The van der Waals surface area contributed by atoms with Crippen LogP contribution in [0.25, 0.3) is 0 Å². The minimum atomic E-state index is -0.414. The maximum Gasteiger partial charge on any atom is 0.487 e. The number of hydrogen-bond donors (Lipinski definition) is 0. The average Bonchev–Trinajstić information content (AvgIpc) is 2.37. The number of ether oxygens (including phenoxy) is 1. The van der Waals surface area contributed by atoms with Crippen LogP contribution < -0.4 is 0 Å². The second-order valence-corrected chi connectivity index (χ2v) is 8.09. The first kappa shape index (κ1) is 16.6. The van der Waals surface area contributed by atoms with Gasteiger partial charge in [0.25, 0.3) is 0 Å². The molecule has 0 amide bonds. The maximum absolute atomic E-state index is 11.9. The molecule has 2 rings (SSSR count). The van der Waals surface area contributed by atoms with E-state index in [2.05, 4.69) is 0 Å². The summed E-state index contributed by atoms with van der Waals surface area (Å²) in [6.45, 7) is 13.8. The van der Waals surface area contributed by atoms with E-state index in [1.54, 1.807) is 0 Å². The van der Waals surface area contributed by atoms with Crippen LogP contribution in [0.3, 0.4) is 0 Å². The van der Waals surface area contributed by atoms with Crippen molar-refractivity contribution in [3.8, 4) is 0 Å². The number of carbonyl (C=O) groups is 1. The van der Waals surface area contributed by atoms with Gasteiger partial charge in [-0.15, -0.1) is 0 Å². The van der Waals surface area contributed by atoms with E-state index in [4.69, 9.17) is 14.0 Å². The lowest BCUT2D eigenvalue weighted by Crippen LogP contribution is -2.41. The maximum atomic E-state index is 11.9. The van der Waals surface area contributed by atoms with Gasteiger partial charge in [-0.25, -0.2) is 0 Å². The third kappa shape index (κ3) is 3.69. The Morgan fingerprint density at radius 2 is 1.67 bits per heavy atom. The van der Waals surface area contributed by atoms with E-state index in [0.717, 1.165) is 12.8 Å². The van der Waals surface area contributed by atoms with Crippen molar-refractivity contribution in [2.45, 2.75) is 78.1 Å². The number of esters is 1. The van der Waals surface area contributed by atoms with E-state index >= 15 is 0 Å². The third-order valence-corrected chi connectivity index (χ3v) is 4.40. The van der Waals surface area contributed by atoms with Crippen LogP contribution in [0.5, 0.6) is 0 Å². The Bertz CT molecular complexity index is 435. The number of hydrogen-bond acceptors (Lipinski definition) is 4. The van der Waals surface area contributed by atoms with Crippen LogP contribution >= 0.6 is 0 Å². The molecule has 0 bridgehead atoms. The van der Waals surface area contributed by atoms with Crippen molar-refractivity contribution in [3.05, 3.63) is 11.5 Å².